The topological polar surface area (TPSA) is 59.6 Å². The lowest BCUT2D eigenvalue weighted by atomic mass is 9.98. The number of rotatable bonds is 6. The van der Waals surface area contributed by atoms with Gasteiger partial charge in [-0.3, -0.25) is 0 Å². The van der Waals surface area contributed by atoms with Gasteiger partial charge in [0.1, 0.15) is 0 Å². The molecule has 0 spiro atoms. The van der Waals surface area contributed by atoms with Gasteiger partial charge < -0.3 is 20.1 Å². The summed E-state index contributed by atoms with van der Waals surface area (Å²) in [5, 5.41) is 5.98. The molecule has 2 aromatic rings. The Bertz CT molecular complexity index is 716. The molecular formula is C20H24N2O3. The molecule has 1 aliphatic rings. The van der Waals surface area contributed by atoms with E-state index in [9.17, 15) is 4.79 Å². The molecular weight excluding hydrogens is 316 g/mol. The highest BCUT2D eigenvalue weighted by Gasteiger charge is 2.18. The summed E-state index contributed by atoms with van der Waals surface area (Å²) >= 11 is 0. The maximum atomic E-state index is 12.2. The van der Waals surface area contributed by atoms with Crippen molar-refractivity contribution in [3.8, 4) is 11.5 Å². The lowest BCUT2D eigenvalue weighted by Gasteiger charge is -2.20. The number of hydrogen-bond acceptors (Lipinski definition) is 3. The van der Waals surface area contributed by atoms with Gasteiger partial charge >= 0.3 is 6.03 Å². The normalized spacial score (nSPS) is 13.6. The number of urea groups is 1. The second kappa shape index (κ2) is 7.92. The van der Waals surface area contributed by atoms with Crippen molar-refractivity contribution in [2.24, 2.45) is 0 Å². The first kappa shape index (κ1) is 17.1. The Balaban J connectivity index is 1.72. The maximum Gasteiger partial charge on any atom is 0.315 e. The number of hydrogen-bond donors (Lipinski definition) is 2. The molecule has 0 fully saturated rings. The predicted molar refractivity (Wildman–Crippen MR) is 97.0 cm³/mol. The summed E-state index contributed by atoms with van der Waals surface area (Å²) < 4.78 is 10.8. The monoisotopic (exact) mass is 340 g/mol. The van der Waals surface area contributed by atoms with E-state index < -0.39 is 0 Å². The Hall–Kier alpha value is -2.69. The Morgan fingerprint density at radius 2 is 1.68 bits per heavy atom. The van der Waals surface area contributed by atoms with E-state index in [4.69, 9.17) is 9.47 Å². The minimum Gasteiger partial charge on any atom is -0.454 e. The fraction of sp³-hybridized carbons (Fsp3) is 0.350. The second-order valence-electron chi connectivity index (χ2n) is 6.55. The number of carbonyl (C=O) groups excluding carboxylic acids is 1. The molecule has 0 unspecified atom stereocenters. The Morgan fingerprint density at radius 1 is 0.960 bits per heavy atom. The highest BCUT2D eigenvalue weighted by molar-refractivity contribution is 5.74. The van der Waals surface area contributed by atoms with Gasteiger partial charge in [0.2, 0.25) is 6.79 Å². The molecule has 1 atom stereocenters. The molecule has 0 bridgehead atoms. The van der Waals surface area contributed by atoms with Gasteiger partial charge in [0.15, 0.2) is 11.5 Å². The maximum absolute atomic E-state index is 12.2. The van der Waals surface area contributed by atoms with Gasteiger partial charge in [-0.25, -0.2) is 4.79 Å². The first-order valence-electron chi connectivity index (χ1n) is 8.59. The van der Waals surface area contributed by atoms with Gasteiger partial charge in [-0.1, -0.05) is 36.4 Å². The van der Waals surface area contributed by atoms with E-state index >= 15 is 0 Å². The quantitative estimate of drug-likeness (QED) is 0.848. The summed E-state index contributed by atoms with van der Waals surface area (Å²) in [5.41, 5.74) is 2.30. The number of fused-ring (bicyclic) bond motifs is 1. The number of ether oxygens (including phenoxy) is 2. The average Bonchev–Trinajstić information content (AvgIpc) is 3.02. The average molecular weight is 340 g/mol. The van der Waals surface area contributed by atoms with E-state index in [1.54, 1.807) is 0 Å². The highest BCUT2D eigenvalue weighted by Crippen LogP contribution is 2.32. The largest absolute Gasteiger partial charge is 0.454 e. The van der Waals surface area contributed by atoms with Crippen LogP contribution in [0.1, 0.15) is 25.0 Å². The van der Waals surface area contributed by atoms with Crippen LogP contribution in [0.2, 0.25) is 0 Å². The van der Waals surface area contributed by atoms with E-state index in [1.165, 1.54) is 5.56 Å². The molecule has 5 nitrogen and oxygen atoms in total. The van der Waals surface area contributed by atoms with E-state index in [0.717, 1.165) is 29.9 Å². The molecule has 0 aromatic heterocycles. The van der Waals surface area contributed by atoms with Crippen LogP contribution < -0.4 is 20.1 Å². The predicted octanol–water partition coefficient (Wildman–Crippen LogP) is 3.28. The number of amides is 2. The molecule has 1 aliphatic heterocycles. The summed E-state index contributed by atoms with van der Waals surface area (Å²) in [6.07, 6.45) is 1.48. The molecule has 2 N–H and O–H groups in total. The number of benzene rings is 2. The van der Waals surface area contributed by atoms with Crippen molar-refractivity contribution in [3.63, 3.8) is 0 Å². The molecule has 25 heavy (non-hydrogen) atoms. The minimum atomic E-state index is -0.142. The lowest BCUT2D eigenvalue weighted by Crippen LogP contribution is -2.46. The summed E-state index contributed by atoms with van der Waals surface area (Å²) in [4.78, 5) is 12.2. The molecule has 2 amide bonds. The van der Waals surface area contributed by atoms with Crippen molar-refractivity contribution in [2.45, 2.75) is 38.8 Å². The van der Waals surface area contributed by atoms with Gasteiger partial charge in [-0.05, 0) is 49.9 Å². The van der Waals surface area contributed by atoms with Crippen LogP contribution in [0.25, 0.3) is 0 Å². The summed E-state index contributed by atoms with van der Waals surface area (Å²) in [6.45, 7) is 4.16. The van der Waals surface area contributed by atoms with Gasteiger partial charge in [-0.15, -0.1) is 0 Å². The third kappa shape index (κ3) is 4.89. The van der Waals surface area contributed by atoms with Crippen molar-refractivity contribution < 1.29 is 14.3 Å². The van der Waals surface area contributed by atoms with Crippen LogP contribution in [0.3, 0.4) is 0 Å². The van der Waals surface area contributed by atoms with Crippen molar-refractivity contribution >= 4 is 6.03 Å². The standard InChI is InChI=1S/C20H24N2O3/c1-14(2)21-20(23)22-17(10-15-6-4-3-5-7-15)11-16-8-9-18-19(12-16)25-13-24-18/h3-9,12,14,17H,10-11,13H2,1-2H3,(H2,21,22,23)/t17-/m0/s1. The Kier molecular flexibility index (Phi) is 5.43. The van der Waals surface area contributed by atoms with Crippen molar-refractivity contribution in [2.75, 3.05) is 6.79 Å². The first-order chi connectivity index (χ1) is 12.1. The minimum absolute atomic E-state index is 0.0125. The molecule has 2 aromatic carbocycles. The molecule has 5 heteroatoms. The van der Waals surface area contributed by atoms with Crippen molar-refractivity contribution in [1.29, 1.82) is 0 Å². The Morgan fingerprint density at radius 3 is 2.44 bits per heavy atom. The van der Waals surface area contributed by atoms with Gasteiger partial charge in [0.25, 0.3) is 0 Å². The van der Waals surface area contributed by atoms with Crippen LogP contribution in [0.15, 0.2) is 48.5 Å². The molecule has 0 aliphatic carbocycles. The summed E-state index contributed by atoms with van der Waals surface area (Å²) in [7, 11) is 0. The third-order valence-corrected chi connectivity index (χ3v) is 4.00. The van der Waals surface area contributed by atoms with Gasteiger partial charge in [0, 0.05) is 12.1 Å². The fourth-order valence-electron chi connectivity index (χ4n) is 2.91. The zero-order chi connectivity index (χ0) is 17.6. The molecule has 132 valence electrons. The number of carbonyl (C=O) groups is 1. The van der Waals surface area contributed by atoms with Crippen LogP contribution in [0.5, 0.6) is 11.5 Å². The van der Waals surface area contributed by atoms with Crippen LogP contribution in [-0.4, -0.2) is 24.9 Å². The zero-order valence-corrected chi connectivity index (χ0v) is 14.6. The third-order valence-electron chi connectivity index (χ3n) is 4.00. The zero-order valence-electron chi connectivity index (χ0n) is 14.6. The summed E-state index contributed by atoms with van der Waals surface area (Å²) in [6, 6.07) is 16.1. The Labute approximate surface area is 148 Å². The van der Waals surface area contributed by atoms with Crippen LogP contribution in [-0.2, 0) is 12.8 Å². The molecule has 0 saturated heterocycles. The van der Waals surface area contributed by atoms with Crippen molar-refractivity contribution in [1.82, 2.24) is 10.6 Å². The highest BCUT2D eigenvalue weighted by atomic mass is 16.7. The van der Waals surface area contributed by atoms with Gasteiger partial charge in [0.05, 0.1) is 0 Å². The smallest absolute Gasteiger partial charge is 0.315 e. The van der Waals surface area contributed by atoms with E-state index in [0.29, 0.717) is 0 Å². The van der Waals surface area contributed by atoms with Crippen LogP contribution in [0.4, 0.5) is 4.79 Å². The summed E-state index contributed by atoms with van der Waals surface area (Å²) in [5.74, 6) is 1.54. The van der Waals surface area contributed by atoms with Crippen molar-refractivity contribution in [3.05, 3.63) is 59.7 Å². The van der Waals surface area contributed by atoms with E-state index in [2.05, 4.69) is 22.8 Å². The fourth-order valence-corrected chi connectivity index (χ4v) is 2.91. The van der Waals surface area contributed by atoms with Crippen LogP contribution >= 0.6 is 0 Å². The first-order valence-corrected chi connectivity index (χ1v) is 8.59. The lowest BCUT2D eigenvalue weighted by molar-refractivity contribution is 0.174. The molecule has 3 rings (SSSR count). The van der Waals surface area contributed by atoms with Crippen LogP contribution in [0, 0.1) is 0 Å². The molecule has 1 heterocycles. The van der Waals surface area contributed by atoms with Gasteiger partial charge in [-0.2, -0.15) is 0 Å². The number of nitrogens with one attached hydrogen (secondary N) is 2. The molecule has 0 radical (unpaired) electrons. The second-order valence-corrected chi connectivity index (χ2v) is 6.55. The molecule has 0 saturated carbocycles. The SMILES string of the molecule is CC(C)NC(=O)N[C@@H](Cc1ccccc1)Cc1ccc2c(c1)OCO2. The van der Waals surface area contributed by atoms with E-state index in [-0.39, 0.29) is 24.9 Å². The van der Waals surface area contributed by atoms with E-state index in [1.807, 2.05) is 50.2 Å².